The monoisotopic (exact) mass is 411 g/mol. The summed E-state index contributed by atoms with van der Waals surface area (Å²) >= 11 is 1.07. The van der Waals surface area contributed by atoms with E-state index in [1.54, 1.807) is 6.07 Å². The van der Waals surface area contributed by atoms with E-state index in [0.717, 1.165) is 11.8 Å². The van der Waals surface area contributed by atoms with Crippen molar-refractivity contribution >= 4 is 45.0 Å². The standard InChI is InChI=1S/C17H18FN3O4S2/c1-19-27(24,25)13-8-6-12(7-9-13)20-16(22)10-26-11-17(23)21-15-5-3-2-4-14(15)18/h2-9,19H,10-11H2,1H3,(H,20,22)(H,21,23). The Morgan fingerprint density at radius 2 is 1.56 bits per heavy atom. The molecule has 2 rings (SSSR count). The molecule has 0 unspecified atom stereocenters. The summed E-state index contributed by atoms with van der Waals surface area (Å²) in [7, 11) is -2.22. The highest BCUT2D eigenvalue weighted by atomic mass is 32.2. The van der Waals surface area contributed by atoms with Crippen LogP contribution in [0.25, 0.3) is 0 Å². The van der Waals surface area contributed by atoms with Gasteiger partial charge in [0.2, 0.25) is 21.8 Å². The quantitative estimate of drug-likeness (QED) is 0.617. The first-order valence-corrected chi connectivity index (χ1v) is 10.4. The summed E-state index contributed by atoms with van der Waals surface area (Å²) in [6.07, 6.45) is 0. The van der Waals surface area contributed by atoms with Gasteiger partial charge in [0.25, 0.3) is 0 Å². The first-order valence-electron chi connectivity index (χ1n) is 7.77. The number of anilines is 2. The Morgan fingerprint density at radius 1 is 0.963 bits per heavy atom. The maximum Gasteiger partial charge on any atom is 0.240 e. The van der Waals surface area contributed by atoms with E-state index in [0.29, 0.717) is 5.69 Å². The van der Waals surface area contributed by atoms with Crippen LogP contribution < -0.4 is 15.4 Å². The van der Waals surface area contributed by atoms with Gasteiger partial charge in [0.15, 0.2) is 0 Å². The van der Waals surface area contributed by atoms with Crippen molar-refractivity contribution in [2.75, 3.05) is 29.2 Å². The van der Waals surface area contributed by atoms with Crippen LogP contribution in [0.5, 0.6) is 0 Å². The molecule has 0 aliphatic carbocycles. The van der Waals surface area contributed by atoms with Crippen molar-refractivity contribution in [3.8, 4) is 0 Å². The van der Waals surface area contributed by atoms with Gasteiger partial charge in [0, 0.05) is 5.69 Å². The van der Waals surface area contributed by atoms with Crippen LogP contribution >= 0.6 is 11.8 Å². The Bertz CT molecular complexity index is 918. The van der Waals surface area contributed by atoms with Gasteiger partial charge < -0.3 is 10.6 Å². The molecule has 0 aliphatic rings. The van der Waals surface area contributed by atoms with Gasteiger partial charge in [-0.1, -0.05) is 12.1 Å². The van der Waals surface area contributed by atoms with Gasteiger partial charge in [-0.15, -0.1) is 11.8 Å². The summed E-state index contributed by atoms with van der Waals surface area (Å²) in [5.41, 5.74) is 0.524. The topological polar surface area (TPSA) is 104 Å². The largest absolute Gasteiger partial charge is 0.325 e. The Kier molecular flexibility index (Phi) is 7.34. The number of para-hydroxylation sites is 1. The lowest BCUT2D eigenvalue weighted by molar-refractivity contribution is -0.114. The second kappa shape index (κ2) is 9.49. The molecule has 0 saturated carbocycles. The molecule has 7 nitrogen and oxygen atoms in total. The minimum atomic E-state index is -3.53. The number of carbonyl (C=O) groups excluding carboxylic acids is 2. The predicted octanol–water partition coefficient (Wildman–Crippen LogP) is 2.04. The molecule has 2 amide bonds. The van der Waals surface area contributed by atoms with Crippen molar-refractivity contribution in [3.05, 3.63) is 54.3 Å². The fourth-order valence-corrected chi connectivity index (χ4v) is 3.36. The van der Waals surface area contributed by atoms with E-state index in [-0.39, 0.29) is 28.0 Å². The van der Waals surface area contributed by atoms with Crippen LogP contribution in [0.4, 0.5) is 15.8 Å². The number of nitrogens with one attached hydrogen (secondary N) is 3. The molecular weight excluding hydrogens is 393 g/mol. The molecule has 0 bridgehead atoms. The Morgan fingerprint density at radius 3 is 2.15 bits per heavy atom. The molecule has 10 heteroatoms. The molecule has 0 saturated heterocycles. The summed E-state index contributed by atoms with van der Waals surface area (Å²) in [6.45, 7) is 0. The number of halogens is 1. The normalized spacial score (nSPS) is 11.0. The predicted molar refractivity (Wildman–Crippen MR) is 104 cm³/mol. The number of benzene rings is 2. The van der Waals surface area contributed by atoms with E-state index in [9.17, 15) is 22.4 Å². The molecule has 2 aromatic rings. The Hall–Kier alpha value is -2.43. The van der Waals surface area contributed by atoms with Gasteiger partial charge in [-0.3, -0.25) is 9.59 Å². The molecule has 144 valence electrons. The van der Waals surface area contributed by atoms with Crippen molar-refractivity contribution in [2.45, 2.75) is 4.90 Å². The summed E-state index contributed by atoms with van der Waals surface area (Å²) in [6, 6.07) is 11.5. The maximum absolute atomic E-state index is 13.4. The summed E-state index contributed by atoms with van der Waals surface area (Å²) in [4.78, 5) is 23.7. The highest BCUT2D eigenvalue weighted by Crippen LogP contribution is 2.15. The third-order valence-corrected chi connectivity index (χ3v) is 5.69. The number of hydrogen-bond acceptors (Lipinski definition) is 5. The molecule has 0 aromatic heterocycles. The highest BCUT2D eigenvalue weighted by molar-refractivity contribution is 8.00. The Labute approximate surface area is 160 Å². The molecule has 0 atom stereocenters. The van der Waals surface area contributed by atoms with Gasteiger partial charge >= 0.3 is 0 Å². The summed E-state index contributed by atoms with van der Waals surface area (Å²) in [5.74, 6) is -1.29. The second-order valence-electron chi connectivity index (χ2n) is 5.30. The summed E-state index contributed by atoms with van der Waals surface area (Å²) < 4.78 is 38.9. The second-order valence-corrected chi connectivity index (χ2v) is 8.17. The van der Waals surface area contributed by atoms with E-state index < -0.39 is 21.7 Å². The zero-order chi connectivity index (χ0) is 19.9. The molecule has 0 fully saturated rings. The first kappa shape index (κ1) is 20.9. The molecule has 27 heavy (non-hydrogen) atoms. The van der Waals surface area contributed by atoms with Crippen LogP contribution in [0.3, 0.4) is 0 Å². The van der Waals surface area contributed by atoms with E-state index in [1.807, 2.05) is 0 Å². The van der Waals surface area contributed by atoms with E-state index in [2.05, 4.69) is 15.4 Å². The molecule has 3 N–H and O–H groups in total. The van der Waals surface area contributed by atoms with Crippen LogP contribution in [0.15, 0.2) is 53.4 Å². The number of rotatable bonds is 8. The van der Waals surface area contributed by atoms with Crippen LogP contribution in [0, 0.1) is 5.82 Å². The zero-order valence-electron chi connectivity index (χ0n) is 14.4. The van der Waals surface area contributed by atoms with Crippen molar-refractivity contribution in [3.63, 3.8) is 0 Å². The minimum absolute atomic E-state index is 0.0128. The minimum Gasteiger partial charge on any atom is -0.325 e. The van der Waals surface area contributed by atoms with Crippen LogP contribution in [0.1, 0.15) is 0 Å². The van der Waals surface area contributed by atoms with Gasteiger partial charge in [-0.25, -0.2) is 17.5 Å². The van der Waals surface area contributed by atoms with E-state index in [1.165, 1.54) is 49.5 Å². The number of hydrogen-bond donors (Lipinski definition) is 3. The van der Waals surface area contributed by atoms with Crippen LogP contribution in [0.2, 0.25) is 0 Å². The summed E-state index contributed by atoms with van der Waals surface area (Å²) in [5, 5.41) is 5.03. The average Bonchev–Trinajstić information content (AvgIpc) is 2.64. The molecule has 0 radical (unpaired) electrons. The Balaban J connectivity index is 1.78. The fourth-order valence-electron chi connectivity index (χ4n) is 2.02. The lowest BCUT2D eigenvalue weighted by atomic mass is 10.3. The van der Waals surface area contributed by atoms with Gasteiger partial charge in [0.05, 0.1) is 22.1 Å². The highest BCUT2D eigenvalue weighted by Gasteiger charge is 2.12. The SMILES string of the molecule is CNS(=O)(=O)c1ccc(NC(=O)CSCC(=O)Nc2ccccc2F)cc1. The van der Waals surface area contributed by atoms with Gasteiger partial charge in [-0.05, 0) is 43.4 Å². The molecular formula is C17H18FN3O4S2. The molecule has 0 spiro atoms. The third kappa shape index (κ3) is 6.35. The zero-order valence-corrected chi connectivity index (χ0v) is 16.0. The fraction of sp³-hybridized carbons (Fsp3) is 0.176. The van der Waals surface area contributed by atoms with Gasteiger partial charge in [-0.2, -0.15) is 0 Å². The maximum atomic E-state index is 13.4. The third-order valence-electron chi connectivity index (χ3n) is 3.33. The lowest BCUT2D eigenvalue weighted by Gasteiger charge is -2.08. The van der Waals surface area contributed by atoms with Crippen molar-refractivity contribution < 1.29 is 22.4 Å². The number of sulfonamides is 1. The lowest BCUT2D eigenvalue weighted by Crippen LogP contribution is -2.19. The van der Waals surface area contributed by atoms with Crippen molar-refractivity contribution in [2.24, 2.45) is 0 Å². The number of amides is 2. The van der Waals surface area contributed by atoms with E-state index >= 15 is 0 Å². The molecule has 0 aliphatic heterocycles. The van der Waals surface area contributed by atoms with Crippen molar-refractivity contribution in [1.82, 2.24) is 4.72 Å². The molecule has 0 heterocycles. The van der Waals surface area contributed by atoms with E-state index in [4.69, 9.17) is 0 Å². The van der Waals surface area contributed by atoms with Crippen molar-refractivity contribution in [1.29, 1.82) is 0 Å². The number of carbonyl (C=O) groups is 2. The van der Waals surface area contributed by atoms with Crippen LogP contribution in [-0.2, 0) is 19.6 Å². The van der Waals surface area contributed by atoms with Gasteiger partial charge in [0.1, 0.15) is 5.82 Å². The first-order chi connectivity index (χ1) is 12.8. The molecule has 2 aromatic carbocycles. The average molecular weight is 411 g/mol. The number of thioether (sulfide) groups is 1. The van der Waals surface area contributed by atoms with Crippen LogP contribution in [-0.4, -0.2) is 38.8 Å². The smallest absolute Gasteiger partial charge is 0.240 e.